The van der Waals surface area contributed by atoms with E-state index in [1.165, 1.54) is 90.6 Å². The van der Waals surface area contributed by atoms with E-state index in [0.29, 0.717) is 12.1 Å². The van der Waals surface area contributed by atoms with E-state index < -0.39 is 106 Å². The maximum atomic E-state index is 14.1. The normalized spacial score (nSPS) is 13.1. The molecule has 0 saturated carbocycles. The second-order valence-electron chi connectivity index (χ2n) is 16.9. The van der Waals surface area contributed by atoms with Crippen molar-refractivity contribution in [2.45, 2.75) is 174 Å². The molecule has 64 heavy (non-hydrogen) atoms. The van der Waals surface area contributed by atoms with Crippen LogP contribution >= 0.6 is 15.9 Å². The second kappa shape index (κ2) is 28.3. The molecule has 0 aliphatic heterocycles. The van der Waals surface area contributed by atoms with Crippen molar-refractivity contribution >= 4 is 46.2 Å². The van der Waals surface area contributed by atoms with Crippen molar-refractivity contribution in [3.8, 4) is 0 Å². The van der Waals surface area contributed by atoms with Crippen molar-refractivity contribution in [1.29, 1.82) is 0 Å². The zero-order chi connectivity index (χ0) is 49.7. The number of pyridine rings is 2. The van der Waals surface area contributed by atoms with Crippen molar-refractivity contribution in [3.05, 3.63) is 91.7 Å². The molecule has 2 aromatic heterocycles. The van der Waals surface area contributed by atoms with E-state index in [1.54, 1.807) is 13.3 Å². The zero-order valence-corrected chi connectivity index (χ0v) is 43.3. The van der Waals surface area contributed by atoms with Gasteiger partial charge in [-0.05, 0) is 69.5 Å². The number of alkyl halides is 8. The third-order valence-corrected chi connectivity index (χ3v) is 26.1. The summed E-state index contributed by atoms with van der Waals surface area (Å²) >= 11 is 0.951. The van der Waals surface area contributed by atoms with Gasteiger partial charge in [-0.2, -0.15) is 26.3 Å². The maximum absolute atomic E-state index is 14.1. The number of hydrogen-bond acceptors (Lipinski definition) is 6. The van der Waals surface area contributed by atoms with E-state index in [2.05, 4.69) is 55.9 Å². The Kier molecular flexibility index (Phi) is 27.0. The molecule has 18 heteroatoms. The van der Waals surface area contributed by atoms with E-state index in [-0.39, 0.29) is 25.2 Å². The van der Waals surface area contributed by atoms with Crippen molar-refractivity contribution in [1.82, 2.24) is 9.13 Å². The minimum Gasteiger partial charge on any atom is -0.464 e. The molecule has 2 aromatic rings. The van der Waals surface area contributed by atoms with Gasteiger partial charge in [0.2, 0.25) is 0 Å². The monoisotopic (exact) mass is 1100 g/mol. The standard InChI is InChI=1S/C17H21F4NO3.C14H16BrF4NO3.3C4H9.C3H5.Sn/c1-5-7-11-10-22(14(23)8-12(11)17(19,20)21)13(9-16(3,4)18)15(24)25-6-2;1-4-23-12(22)10(6-13(2,3)16)20-7-9(15)8(5-11(20)21)14(17,18)19;3*1-3-4-2;1-3-2;/h5,8,10,13H,1,6-7,9H2,2-4H3;5,7,10H,4,6H2,1-3H3;3*1,3-4H2,2H3;3H,1-2H2;. The SMILES string of the molecule is C=CCc1cn(C(CC(C)(C)F)C(=O)OCC)c(=O)cc1C(F)(F)F.C=C[CH2][Sn]([CH2]CCC)([CH2]CCC)[CH2]CCC.CCOC(=O)C(CC(C)(C)F)n1cc(Br)c(C(F)(F)F)cc1=O. The van der Waals surface area contributed by atoms with Crippen molar-refractivity contribution in [3.63, 3.8) is 0 Å². The summed E-state index contributed by atoms with van der Waals surface area (Å²) < 4.78 is 123. The molecule has 0 bridgehead atoms. The number of halogens is 9. The van der Waals surface area contributed by atoms with Crippen molar-refractivity contribution in [2.75, 3.05) is 13.2 Å². The predicted molar refractivity (Wildman–Crippen MR) is 244 cm³/mol. The van der Waals surface area contributed by atoms with Crippen molar-refractivity contribution < 1.29 is 54.2 Å². The number of allylic oxidation sites excluding steroid dienone is 2. The van der Waals surface area contributed by atoms with Crippen LogP contribution in [0, 0.1) is 0 Å². The van der Waals surface area contributed by atoms with Gasteiger partial charge in [-0.15, -0.1) is 6.58 Å². The van der Waals surface area contributed by atoms with E-state index in [4.69, 9.17) is 9.47 Å². The van der Waals surface area contributed by atoms with Gasteiger partial charge in [0.1, 0.15) is 23.4 Å². The molecule has 0 amide bonds. The minimum atomic E-state index is -4.73. The number of carbonyl (C=O) groups is 2. The molecule has 2 atom stereocenters. The molecule has 0 spiro atoms. The first kappa shape index (κ1) is 61.0. The van der Waals surface area contributed by atoms with Gasteiger partial charge in [-0.25, -0.2) is 18.4 Å². The first-order valence-corrected chi connectivity index (χ1v) is 30.6. The summed E-state index contributed by atoms with van der Waals surface area (Å²) in [6.07, 6.45) is 3.42. The fraction of sp³-hybridized carbons (Fsp3) is 0.652. The van der Waals surface area contributed by atoms with Crippen LogP contribution < -0.4 is 11.1 Å². The molecule has 2 unspecified atom stereocenters. The molecule has 8 nitrogen and oxygen atoms in total. The Hall–Kier alpha value is -2.96. The molecular weight excluding hydrogens is 1030 g/mol. The second-order valence-corrected chi connectivity index (χ2v) is 31.8. The van der Waals surface area contributed by atoms with Gasteiger partial charge in [0.25, 0.3) is 11.1 Å². The van der Waals surface area contributed by atoms with Crippen LogP contribution in [0.4, 0.5) is 35.1 Å². The zero-order valence-electron chi connectivity index (χ0n) is 38.9. The minimum absolute atomic E-state index is 0.00139. The number of rotatable bonds is 23. The summed E-state index contributed by atoms with van der Waals surface area (Å²) in [6.45, 7) is 22.3. The molecule has 366 valence electrons. The van der Waals surface area contributed by atoms with Crippen LogP contribution in [-0.2, 0) is 37.8 Å². The molecule has 0 saturated heterocycles. The van der Waals surface area contributed by atoms with Gasteiger partial charge in [0.15, 0.2) is 0 Å². The average molecular weight is 1100 g/mol. The number of nitrogens with zero attached hydrogens (tertiary/aromatic N) is 2. The van der Waals surface area contributed by atoms with Crippen LogP contribution in [0.2, 0.25) is 17.7 Å². The number of hydrogen-bond donors (Lipinski definition) is 0. The summed E-state index contributed by atoms with van der Waals surface area (Å²) in [5.41, 5.74) is -8.28. The summed E-state index contributed by atoms with van der Waals surface area (Å²) in [4.78, 5) is 48.3. The molecular formula is C46H69BrF8N2O6Sn. The van der Waals surface area contributed by atoms with Crippen LogP contribution in [0.3, 0.4) is 0 Å². The predicted octanol–water partition coefficient (Wildman–Crippen LogP) is 13.7. The Morgan fingerprint density at radius 3 is 1.36 bits per heavy atom. The first-order valence-electron chi connectivity index (χ1n) is 21.8. The Morgan fingerprint density at radius 1 is 0.672 bits per heavy atom. The summed E-state index contributed by atoms with van der Waals surface area (Å²) in [6, 6.07) is -1.95. The number of unbranched alkanes of at least 4 members (excludes halogenated alkanes) is 3. The Bertz CT molecular complexity index is 1860. The fourth-order valence-corrected chi connectivity index (χ4v) is 22.7. The smallest absolute Gasteiger partial charge is 0.417 e. The number of aromatic nitrogens is 2. The van der Waals surface area contributed by atoms with Gasteiger partial charge in [-0.1, -0.05) is 6.08 Å². The summed E-state index contributed by atoms with van der Waals surface area (Å²) in [5.74, 6) is -1.76. The first-order chi connectivity index (χ1) is 29.5. The van der Waals surface area contributed by atoms with E-state index in [1.807, 2.05) is 0 Å². The maximum Gasteiger partial charge on any atom is 0.417 e. The average Bonchev–Trinajstić information content (AvgIpc) is 3.17. The van der Waals surface area contributed by atoms with E-state index in [0.717, 1.165) is 21.5 Å². The topological polar surface area (TPSA) is 96.6 Å². The molecule has 2 rings (SSSR count). The summed E-state index contributed by atoms with van der Waals surface area (Å²) in [5, 5.41) is 0. The molecule has 0 aliphatic rings. The van der Waals surface area contributed by atoms with E-state index >= 15 is 0 Å². The van der Waals surface area contributed by atoms with Gasteiger partial charge < -0.3 is 14.0 Å². The van der Waals surface area contributed by atoms with Crippen LogP contribution in [0.1, 0.15) is 142 Å². The van der Waals surface area contributed by atoms with Gasteiger partial charge in [-0.3, -0.25) is 14.2 Å². The van der Waals surface area contributed by atoms with Gasteiger partial charge in [0.05, 0.1) is 24.3 Å². The van der Waals surface area contributed by atoms with Crippen molar-refractivity contribution in [2.24, 2.45) is 0 Å². The summed E-state index contributed by atoms with van der Waals surface area (Å²) in [7, 11) is 0. The molecule has 2 heterocycles. The molecule has 0 fully saturated rings. The van der Waals surface area contributed by atoms with Crippen LogP contribution in [0.5, 0.6) is 0 Å². The molecule has 0 aliphatic carbocycles. The quantitative estimate of drug-likeness (QED) is 0.0476. The third-order valence-electron chi connectivity index (χ3n) is 10.1. The molecule has 0 aromatic carbocycles. The van der Waals surface area contributed by atoms with Crippen LogP contribution in [0.25, 0.3) is 0 Å². The molecule has 0 N–H and O–H groups in total. The van der Waals surface area contributed by atoms with Crippen LogP contribution in [-0.4, -0.2) is 64.0 Å². The molecule has 0 radical (unpaired) electrons. The number of carbonyl (C=O) groups excluding carboxylic acids is 2. The Balaban J connectivity index is 0.000000954. The number of ether oxygens (including phenoxy) is 2. The van der Waals surface area contributed by atoms with Crippen LogP contribution in [0.15, 0.2) is 63.9 Å². The van der Waals surface area contributed by atoms with E-state index in [9.17, 15) is 54.3 Å². The van der Waals surface area contributed by atoms with Gasteiger partial charge in [0, 0.05) is 41.8 Å². The number of esters is 2. The Morgan fingerprint density at radius 2 is 1.05 bits per heavy atom. The third kappa shape index (κ3) is 22.0. The Labute approximate surface area is 386 Å². The largest absolute Gasteiger partial charge is 0.464 e. The fourth-order valence-electron chi connectivity index (χ4n) is 7.03. The van der Waals surface area contributed by atoms with Gasteiger partial charge >= 0.3 is 132 Å².